The Kier molecular flexibility index (Phi) is 4.91. The molecule has 0 radical (unpaired) electrons. The van der Waals surface area contributed by atoms with Gasteiger partial charge in [0.1, 0.15) is 6.54 Å². The molecular formula is C16H20ClN5O. The van der Waals surface area contributed by atoms with E-state index in [4.69, 9.17) is 11.6 Å². The van der Waals surface area contributed by atoms with E-state index in [1.807, 2.05) is 24.1 Å². The van der Waals surface area contributed by atoms with E-state index in [2.05, 4.69) is 15.4 Å². The van der Waals surface area contributed by atoms with Crippen LogP contribution in [0, 0.1) is 0 Å². The number of carbonyl (C=O) groups excluding carboxylic acids is 1. The smallest absolute Gasteiger partial charge is 0.246 e. The molecule has 0 unspecified atom stereocenters. The molecule has 0 spiro atoms. The molecule has 0 bridgehead atoms. The van der Waals surface area contributed by atoms with Gasteiger partial charge < -0.3 is 4.90 Å². The van der Waals surface area contributed by atoms with Crippen molar-refractivity contribution in [1.29, 1.82) is 0 Å². The van der Waals surface area contributed by atoms with Crippen LogP contribution in [0.5, 0.6) is 0 Å². The van der Waals surface area contributed by atoms with Crippen molar-refractivity contribution in [2.24, 2.45) is 0 Å². The highest BCUT2D eigenvalue weighted by Gasteiger charge is 2.22. The Morgan fingerprint density at radius 1 is 1.26 bits per heavy atom. The number of nitrogens with zero attached hydrogens (tertiary/aromatic N) is 5. The van der Waals surface area contributed by atoms with Crippen LogP contribution in [0.15, 0.2) is 24.3 Å². The molecule has 1 heterocycles. The van der Waals surface area contributed by atoms with Crippen LogP contribution in [0.3, 0.4) is 0 Å². The number of rotatable bonds is 4. The van der Waals surface area contributed by atoms with E-state index in [1.54, 1.807) is 12.1 Å². The van der Waals surface area contributed by atoms with Gasteiger partial charge in [0.15, 0.2) is 0 Å². The summed E-state index contributed by atoms with van der Waals surface area (Å²) in [7, 11) is 1.87. The first-order valence-corrected chi connectivity index (χ1v) is 8.30. The number of aromatic nitrogens is 4. The van der Waals surface area contributed by atoms with E-state index in [9.17, 15) is 4.79 Å². The van der Waals surface area contributed by atoms with Crippen LogP contribution in [-0.4, -0.2) is 44.1 Å². The first kappa shape index (κ1) is 15.9. The highest BCUT2D eigenvalue weighted by atomic mass is 35.5. The van der Waals surface area contributed by atoms with Crippen LogP contribution in [0.1, 0.15) is 32.1 Å². The second-order valence-corrected chi connectivity index (χ2v) is 6.38. The van der Waals surface area contributed by atoms with Crippen molar-refractivity contribution < 1.29 is 4.79 Å². The predicted molar refractivity (Wildman–Crippen MR) is 87.9 cm³/mol. The number of tetrazole rings is 1. The van der Waals surface area contributed by atoms with Crippen LogP contribution in [0.4, 0.5) is 0 Å². The van der Waals surface area contributed by atoms with E-state index in [1.165, 1.54) is 24.1 Å². The van der Waals surface area contributed by atoms with Crippen molar-refractivity contribution in [3.05, 3.63) is 29.3 Å². The number of benzene rings is 1. The maximum absolute atomic E-state index is 12.4. The van der Waals surface area contributed by atoms with Crippen molar-refractivity contribution >= 4 is 17.5 Å². The summed E-state index contributed by atoms with van der Waals surface area (Å²) in [6.07, 6.45) is 5.84. The second-order valence-electron chi connectivity index (χ2n) is 5.95. The van der Waals surface area contributed by atoms with Crippen molar-refractivity contribution in [3.8, 4) is 11.4 Å². The SMILES string of the molecule is CN(C(=O)Cn1nnc(-c2ccc(Cl)cc2)n1)C1CCCCC1. The van der Waals surface area contributed by atoms with Crippen LogP contribution >= 0.6 is 11.6 Å². The van der Waals surface area contributed by atoms with Gasteiger partial charge in [0.25, 0.3) is 0 Å². The number of likely N-dealkylation sites (N-methyl/N-ethyl adjacent to an activating group) is 1. The van der Waals surface area contributed by atoms with Crippen molar-refractivity contribution in [2.75, 3.05) is 7.05 Å². The minimum Gasteiger partial charge on any atom is -0.341 e. The Hall–Kier alpha value is -1.95. The van der Waals surface area contributed by atoms with Crippen molar-refractivity contribution in [2.45, 2.75) is 44.7 Å². The molecule has 23 heavy (non-hydrogen) atoms. The molecule has 1 amide bonds. The predicted octanol–water partition coefficient (Wildman–Crippen LogP) is 2.78. The zero-order chi connectivity index (χ0) is 16.2. The Labute approximate surface area is 140 Å². The minimum atomic E-state index is 0.0250. The van der Waals surface area contributed by atoms with Crippen molar-refractivity contribution in [1.82, 2.24) is 25.1 Å². The lowest BCUT2D eigenvalue weighted by Gasteiger charge is -2.31. The fraction of sp³-hybridized carbons (Fsp3) is 0.500. The molecule has 1 aromatic heterocycles. The molecule has 3 rings (SSSR count). The zero-order valence-electron chi connectivity index (χ0n) is 13.2. The highest BCUT2D eigenvalue weighted by Crippen LogP contribution is 2.22. The Bertz CT molecular complexity index is 663. The van der Waals surface area contributed by atoms with Gasteiger partial charge in [-0.2, -0.15) is 4.80 Å². The van der Waals surface area contributed by atoms with E-state index < -0.39 is 0 Å². The molecule has 0 N–H and O–H groups in total. The summed E-state index contributed by atoms with van der Waals surface area (Å²) < 4.78 is 0. The molecule has 0 saturated heterocycles. The van der Waals surface area contributed by atoms with E-state index in [0.717, 1.165) is 18.4 Å². The van der Waals surface area contributed by atoms with Gasteiger partial charge in [-0.05, 0) is 42.3 Å². The third kappa shape index (κ3) is 3.88. The fourth-order valence-electron chi connectivity index (χ4n) is 2.93. The van der Waals surface area contributed by atoms with Crippen LogP contribution in [0.2, 0.25) is 5.02 Å². The lowest BCUT2D eigenvalue weighted by molar-refractivity contribution is -0.133. The van der Waals surface area contributed by atoms with Crippen molar-refractivity contribution in [3.63, 3.8) is 0 Å². The van der Waals surface area contributed by atoms with Gasteiger partial charge in [-0.15, -0.1) is 10.2 Å². The molecule has 6 nitrogen and oxygen atoms in total. The molecule has 7 heteroatoms. The number of halogens is 1. The van der Waals surface area contributed by atoms with Gasteiger partial charge >= 0.3 is 0 Å². The molecule has 1 aromatic carbocycles. The van der Waals surface area contributed by atoms with Gasteiger partial charge in [-0.25, -0.2) is 0 Å². The molecule has 1 saturated carbocycles. The van der Waals surface area contributed by atoms with Crippen LogP contribution in [0.25, 0.3) is 11.4 Å². The number of hydrogen-bond acceptors (Lipinski definition) is 4. The minimum absolute atomic E-state index is 0.0250. The average molecular weight is 334 g/mol. The molecule has 2 aromatic rings. The summed E-state index contributed by atoms with van der Waals surface area (Å²) in [6.45, 7) is 0.119. The summed E-state index contributed by atoms with van der Waals surface area (Å²) >= 11 is 5.87. The van der Waals surface area contributed by atoms with Crippen LogP contribution in [-0.2, 0) is 11.3 Å². The average Bonchev–Trinajstić information content (AvgIpc) is 3.04. The highest BCUT2D eigenvalue weighted by molar-refractivity contribution is 6.30. The van der Waals surface area contributed by atoms with E-state index in [-0.39, 0.29) is 12.5 Å². The maximum Gasteiger partial charge on any atom is 0.246 e. The maximum atomic E-state index is 12.4. The third-order valence-corrected chi connectivity index (χ3v) is 4.60. The Morgan fingerprint density at radius 2 is 1.96 bits per heavy atom. The molecule has 1 aliphatic rings. The van der Waals surface area contributed by atoms with Gasteiger partial charge in [0.05, 0.1) is 0 Å². The summed E-state index contributed by atoms with van der Waals surface area (Å²) in [5.41, 5.74) is 0.828. The van der Waals surface area contributed by atoms with Gasteiger partial charge in [0, 0.05) is 23.7 Å². The molecule has 0 aliphatic heterocycles. The zero-order valence-corrected chi connectivity index (χ0v) is 13.9. The molecule has 122 valence electrons. The standard InChI is InChI=1S/C16H20ClN5O/c1-21(14-5-3-2-4-6-14)15(23)11-22-19-16(18-20-22)12-7-9-13(17)10-8-12/h7-10,14H,2-6,11H2,1H3. The molecule has 1 aliphatic carbocycles. The van der Waals surface area contributed by atoms with E-state index >= 15 is 0 Å². The Morgan fingerprint density at radius 3 is 2.65 bits per heavy atom. The monoisotopic (exact) mass is 333 g/mol. The second kappa shape index (κ2) is 7.08. The summed E-state index contributed by atoms with van der Waals surface area (Å²) in [4.78, 5) is 15.6. The normalized spacial score (nSPS) is 15.6. The molecule has 1 fully saturated rings. The molecular weight excluding hydrogens is 314 g/mol. The Balaban J connectivity index is 1.64. The number of hydrogen-bond donors (Lipinski definition) is 0. The summed E-state index contributed by atoms with van der Waals surface area (Å²) in [6, 6.07) is 7.56. The van der Waals surface area contributed by atoms with Gasteiger partial charge in [-0.1, -0.05) is 30.9 Å². The number of carbonyl (C=O) groups is 1. The summed E-state index contributed by atoms with van der Waals surface area (Å²) in [5, 5.41) is 12.9. The topological polar surface area (TPSA) is 63.9 Å². The van der Waals surface area contributed by atoms with E-state index in [0.29, 0.717) is 16.9 Å². The first-order valence-electron chi connectivity index (χ1n) is 7.93. The quantitative estimate of drug-likeness (QED) is 0.863. The molecule has 0 atom stereocenters. The first-order chi connectivity index (χ1) is 11.1. The number of amides is 1. The third-order valence-electron chi connectivity index (χ3n) is 4.35. The van der Waals surface area contributed by atoms with Gasteiger partial charge in [0.2, 0.25) is 11.7 Å². The lowest BCUT2D eigenvalue weighted by Crippen LogP contribution is -2.40. The lowest BCUT2D eigenvalue weighted by atomic mass is 9.94. The van der Waals surface area contributed by atoms with Gasteiger partial charge in [-0.3, -0.25) is 4.79 Å². The fourth-order valence-corrected chi connectivity index (χ4v) is 3.06. The summed E-state index contributed by atoms with van der Waals surface area (Å²) in [5.74, 6) is 0.520. The van der Waals surface area contributed by atoms with Crippen LogP contribution < -0.4 is 0 Å². The largest absolute Gasteiger partial charge is 0.341 e.